The second-order valence-corrected chi connectivity index (χ2v) is 6.04. The predicted molar refractivity (Wildman–Crippen MR) is 62.8 cm³/mol. The van der Waals surface area contributed by atoms with Crippen LogP contribution >= 0.6 is 0 Å². The molecular formula is C13H22N2O. The van der Waals surface area contributed by atoms with Gasteiger partial charge in [0.25, 0.3) is 0 Å². The quantitative estimate of drug-likeness (QED) is 0.734. The minimum Gasteiger partial charge on any atom is -0.323 e. The molecule has 3 rings (SSSR count). The molecule has 0 aromatic rings. The molecule has 90 valence electrons. The summed E-state index contributed by atoms with van der Waals surface area (Å²) in [6.45, 7) is 4.46. The topological polar surface area (TPSA) is 32.3 Å². The van der Waals surface area contributed by atoms with Crippen molar-refractivity contribution in [3.8, 4) is 0 Å². The van der Waals surface area contributed by atoms with Gasteiger partial charge < -0.3 is 4.90 Å². The first-order valence-electron chi connectivity index (χ1n) is 6.73. The zero-order valence-electron chi connectivity index (χ0n) is 10.3. The summed E-state index contributed by atoms with van der Waals surface area (Å²) in [5.41, 5.74) is -0.125. The highest BCUT2D eigenvalue weighted by molar-refractivity contribution is 5.92. The number of nitrogens with zero attached hydrogens (tertiary/aromatic N) is 1. The Morgan fingerprint density at radius 1 is 1.31 bits per heavy atom. The molecule has 16 heavy (non-hydrogen) atoms. The Morgan fingerprint density at radius 3 is 2.62 bits per heavy atom. The van der Waals surface area contributed by atoms with Crippen molar-refractivity contribution in [2.45, 2.75) is 70.1 Å². The molecule has 3 fully saturated rings. The van der Waals surface area contributed by atoms with Crippen LogP contribution in [0, 0.1) is 5.92 Å². The van der Waals surface area contributed by atoms with Gasteiger partial charge in [0.05, 0.1) is 11.7 Å². The van der Waals surface area contributed by atoms with Gasteiger partial charge in [-0.15, -0.1) is 0 Å². The van der Waals surface area contributed by atoms with Crippen LogP contribution in [0.3, 0.4) is 0 Å². The van der Waals surface area contributed by atoms with Gasteiger partial charge in [0.15, 0.2) is 0 Å². The van der Waals surface area contributed by atoms with Gasteiger partial charge >= 0.3 is 0 Å². The SMILES string of the molecule is CC1CCCC(N2C(=O)C3(CC3)NC2C)C1. The van der Waals surface area contributed by atoms with Gasteiger partial charge in [-0.2, -0.15) is 0 Å². The van der Waals surface area contributed by atoms with Crippen LogP contribution in [-0.4, -0.2) is 28.6 Å². The average Bonchev–Trinajstić information content (AvgIpc) is 2.94. The molecule has 1 saturated heterocycles. The third kappa shape index (κ3) is 1.48. The van der Waals surface area contributed by atoms with E-state index in [1.54, 1.807) is 0 Å². The van der Waals surface area contributed by atoms with Crippen LogP contribution in [-0.2, 0) is 4.79 Å². The Bertz CT molecular complexity index is 311. The number of carbonyl (C=O) groups excluding carboxylic acids is 1. The van der Waals surface area contributed by atoms with Crippen molar-refractivity contribution in [1.29, 1.82) is 0 Å². The van der Waals surface area contributed by atoms with Crippen molar-refractivity contribution in [1.82, 2.24) is 10.2 Å². The van der Waals surface area contributed by atoms with Gasteiger partial charge in [-0.25, -0.2) is 0 Å². The zero-order chi connectivity index (χ0) is 11.3. The van der Waals surface area contributed by atoms with Crippen molar-refractivity contribution >= 4 is 5.91 Å². The first-order valence-corrected chi connectivity index (χ1v) is 6.73. The lowest BCUT2D eigenvalue weighted by Gasteiger charge is -2.36. The van der Waals surface area contributed by atoms with Gasteiger partial charge in [-0.05, 0) is 38.5 Å². The predicted octanol–water partition coefficient (Wildman–Crippen LogP) is 1.88. The number of nitrogens with one attached hydrogen (secondary N) is 1. The fraction of sp³-hybridized carbons (Fsp3) is 0.923. The van der Waals surface area contributed by atoms with E-state index in [0.29, 0.717) is 11.9 Å². The second-order valence-electron chi connectivity index (χ2n) is 6.04. The Morgan fingerprint density at radius 2 is 2.06 bits per heavy atom. The lowest BCUT2D eigenvalue weighted by Crippen LogP contribution is -2.45. The lowest BCUT2D eigenvalue weighted by atomic mass is 9.86. The summed E-state index contributed by atoms with van der Waals surface area (Å²) in [7, 11) is 0. The van der Waals surface area contributed by atoms with Crippen molar-refractivity contribution < 1.29 is 4.79 Å². The zero-order valence-corrected chi connectivity index (χ0v) is 10.3. The number of hydrogen-bond acceptors (Lipinski definition) is 2. The van der Waals surface area contributed by atoms with Crippen molar-refractivity contribution in [3.05, 3.63) is 0 Å². The smallest absolute Gasteiger partial charge is 0.244 e. The van der Waals surface area contributed by atoms with Gasteiger partial charge in [0.1, 0.15) is 0 Å². The van der Waals surface area contributed by atoms with E-state index in [1.165, 1.54) is 25.7 Å². The molecule has 3 heteroatoms. The maximum atomic E-state index is 12.4. The average molecular weight is 222 g/mol. The van der Waals surface area contributed by atoms with Gasteiger partial charge in [0, 0.05) is 6.04 Å². The number of hydrogen-bond donors (Lipinski definition) is 1. The summed E-state index contributed by atoms with van der Waals surface area (Å²) in [6, 6.07) is 0.499. The highest BCUT2D eigenvalue weighted by Crippen LogP contribution is 2.44. The summed E-state index contributed by atoms with van der Waals surface area (Å²) in [4.78, 5) is 14.5. The molecule has 0 bridgehead atoms. The normalized spacial score (nSPS) is 41.8. The Hall–Kier alpha value is -0.570. The van der Waals surface area contributed by atoms with Gasteiger partial charge in [0.2, 0.25) is 5.91 Å². The molecule has 1 spiro atoms. The number of amides is 1. The van der Waals surface area contributed by atoms with E-state index in [4.69, 9.17) is 0 Å². The summed E-state index contributed by atoms with van der Waals surface area (Å²) >= 11 is 0. The molecule has 2 saturated carbocycles. The highest BCUT2D eigenvalue weighted by Gasteiger charge is 2.59. The van der Waals surface area contributed by atoms with E-state index in [1.807, 2.05) is 0 Å². The maximum absolute atomic E-state index is 12.4. The molecule has 2 aliphatic carbocycles. The molecular weight excluding hydrogens is 200 g/mol. The molecule has 3 nitrogen and oxygen atoms in total. The Labute approximate surface area is 97.6 Å². The van der Waals surface area contributed by atoms with Crippen molar-refractivity contribution in [3.63, 3.8) is 0 Å². The molecule has 1 heterocycles. The monoisotopic (exact) mass is 222 g/mol. The van der Waals surface area contributed by atoms with E-state index in [9.17, 15) is 4.79 Å². The maximum Gasteiger partial charge on any atom is 0.244 e. The van der Waals surface area contributed by atoms with Crippen LogP contribution in [0.2, 0.25) is 0 Å². The van der Waals surface area contributed by atoms with Crippen LogP contribution < -0.4 is 5.32 Å². The lowest BCUT2D eigenvalue weighted by molar-refractivity contribution is -0.133. The molecule has 3 aliphatic rings. The van der Waals surface area contributed by atoms with E-state index >= 15 is 0 Å². The highest BCUT2D eigenvalue weighted by atomic mass is 16.2. The molecule has 1 N–H and O–H groups in total. The number of carbonyl (C=O) groups is 1. The van der Waals surface area contributed by atoms with Crippen molar-refractivity contribution in [2.24, 2.45) is 5.92 Å². The third-order valence-corrected chi connectivity index (χ3v) is 4.60. The molecule has 0 radical (unpaired) electrons. The first kappa shape index (κ1) is 10.6. The molecule has 1 aliphatic heterocycles. The second kappa shape index (κ2) is 3.46. The van der Waals surface area contributed by atoms with Gasteiger partial charge in [-0.1, -0.05) is 19.8 Å². The van der Waals surface area contributed by atoms with Crippen LogP contribution in [0.5, 0.6) is 0 Å². The fourth-order valence-corrected chi connectivity index (χ4v) is 3.57. The third-order valence-electron chi connectivity index (χ3n) is 4.60. The van der Waals surface area contributed by atoms with E-state index in [-0.39, 0.29) is 11.7 Å². The van der Waals surface area contributed by atoms with Gasteiger partial charge in [-0.3, -0.25) is 10.1 Å². The van der Waals surface area contributed by atoms with Crippen LogP contribution in [0.1, 0.15) is 52.4 Å². The summed E-state index contributed by atoms with van der Waals surface area (Å²) in [5, 5.41) is 3.49. The summed E-state index contributed by atoms with van der Waals surface area (Å²) < 4.78 is 0. The van der Waals surface area contributed by atoms with E-state index < -0.39 is 0 Å². The number of rotatable bonds is 1. The molecule has 3 atom stereocenters. The molecule has 1 amide bonds. The first-order chi connectivity index (χ1) is 7.62. The summed E-state index contributed by atoms with van der Waals surface area (Å²) in [6.07, 6.45) is 7.39. The molecule has 0 aromatic heterocycles. The van der Waals surface area contributed by atoms with Crippen LogP contribution in [0.25, 0.3) is 0 Å². The minimum absolute atomic E-state index is 0.125. The van der Waals surface area contributed by atoms with Crippen LogP contribution in [0.15, 0.2) is 0 Å². The molecule has 3 unspecified atom stereocenters. The minimum atomic E-state index is -0.125. The molecule has 0 aromatic carbocycles. The Balaban J connectivity index is 1.76. The van der Waals surface area contributed by atoms with Crippen LogP contribution in [0.4, 0.5) is 0 Å². The summed E-state index contributed by atoms with van der Waals surface area (Å²) in [5.74, 6) is 1.17. The van der Waals surface area contributed by atoms with E-state index in [2.05, 4.69) is 24.1 Å². The van der Waals surface area contributed by atoms with E-state index in [0.717, 1.165) is 18.8 Å². The Kier molecular flexibility index (Phi) is 2.29. The fourth-order valence-electron chi connectivity index (χ4n) is 3.57. The largest absolute Gasteiger partial charge is 0.323 e. The van der Waals surface area contributed by atoms with Crippen molar-refractivity contribution in [2.75, 3.05) is 0 Å². The standard InChI is InChI=1S/C13H22N2O/c1-9-4-3-5-11(8-9)15-10(2)14-13(6-7-13)12(15)16/h9-11,14H,3-8H2,1-2H3.